The molecule has 3 rings (SSSR count). The Balaban J connectivity index is 2.11. The van der Waals surface area contributed by atoms with Crippen molar-refractivity contribution < 1.29 is 9.47 Å². The van der Waals surface area contributed by atoms with Crippen molar-refractivity contribution in [2.24, 2.45) is 0 Å². The molecule has 0 bridgehead atoms. The molecule has 1 aliphatic rings. The van der Waals surface area contributed by atoms with Crippen LogP contribution in [-0.2, 0) is 6.54 Å². The van der Waals surface area contributed by atoms with Gasteiger partial charge in [-0.25, -0.2) is 4.98 Å². The van der Waals surface area contributed by atoms with Crippen LogP contribution in [0.4, 0.5) is 5.82 Å². The number of nitrogen functional groups attached to an aromatic ring is 1. The van der Waals surface area contributed by atoms with E-state index < -0.39 is 0 Å². The van der Waals surface area contributed by atoms with E-state index in [1.165, 1.54) is 12.8 Å². The lowest BCUT2D eigenvalue weighted by atomic mass is 10.1. The van der Waals surface area contributed by atoms with Gasteiger partial charge in [0.1, 0.15) is 28.8 Å². The molecule has 1 heterocycles. The van der Waals surface area contributed by atoms with E-state index >= 15 is 0 Å². The highest BCUT2D eigenvalue weighted by atomic mass is 16.5. The largest absolute Gasteiger partial charge is 0.497 e. The number of methoxy groups -OCH3 is 2. The van der Waals surface area contributed by atoms with Crippen LogP contribution in [0.3, 0.4) is 0 Å². The average Bonchev–Trinajstić information content (AvgIpc) is 3.30. The van der Waals surface area contributed by atoms with Gasteiger partial charge >= 0.3 is 0 Å². The number of hydrogen-bond acceptors (Lipinski definition) is 4. The highest BCUT2D eigenvalue weighted by Crippen LogP contribution is 2.42. The van der Waals surface area contributed by atoms with E-state index in [9.17, 15) is 0 Å². The molecule has 0 unspecified atom stereocenters. The summed E-state index contributed by atoms with van der Waals surface area (Å²) in [5.74, 6) is 3.86. The van der Waals surface area contributed by atoms with Crippen molar-refractivity contribution in [3.63, 3.8) is 0 Å². The summed E-state index contributed by atoms with van der Waals surface area (Å²) in [6, 6.07) is 5.73. The minimum absolute atomic E-state index is 0.563. The van der Waals surface area contributed by atoms with E-state index in [1.54, 1.807) is 14.2 Å². The molecule has 0 aliphatic heterocycles. The van der Waals surface area contributed by atoms with E-state index in [1.807, 2.05) is 18.2 Å². The number of nitrogens with zero attached hydrogens (tertiary/aromatic N) is 2. The standard InChI is InChI=1S/C16H21N3O2/c1-4-19-15(17)14(18-16(19)10-5-6-10)11-7-12(20-2)9-13(8-11)21-3/h7-10H,4-6,17H2,1-3H3. The Labute approximate surface area is 124 Å². The molecule has 1 aliphatic carbocycles. The van der Waals surface area contributed by atoms with Crippen LogP contribution in [0.2, 0.25) is 0 Å². The van der Waals surface area contributed by atoms with Gasteiger partial charge in [0.2, 0.25) is 0 Å². The summed E-state index contributed by atoms with van der Waals surface area (Å²) < 4.78 is 12.8. The van der Waals surface area contributed by atoms with Crippen LogP contribution >= 0.6 is 0 Å². The van der Waals surface area contributed by atoms with Gasteiger partial charge in [0.25, 0.3) is 0 Å². The first-order valence-corrected chi connectivity index (χ1v) is 7.27. The number of aromatic nitrogens is 2. The Morgan fingerprint density at radius 3 is 2.29 bits per heavy atom. The number of benzene rings is 1. The molecule has 0 amide bonds. The van der Waals surface area contributed by atoms with Crippen molar-refractivity contribution in [3.05, 3.63) is 24.0 Å². The quantitative estimate of drug-likeness (QED) is 0.918. The molecule has 2 aromatic rings. The third kappa shape index (κ3) is 2.44. The average molecular weight is 287 g/mol. The Morgan fingerprint density at radius 2 is 1.81 bits per heavy atom. The number of ether oxygens (including phenoxy) is 2. The monoisotopic (exact) mass is 287 g/mol. The van der Waals surface area contributed by atoms with Crippen LogP contribution in [-0.4, -0.2) is 23.8 Å². The van der Waals surface area contributed by atoms with Gasteiger partial charge in [-0.1, -0.05) is 0 Å². The second kappa shape index (κ2) is 5.31. The molecule has 1 aromatic carbocycles. The zero-order chi connectivity index (χ0) is 15.0. The summed E-state index contributed by atoms with van der Waals surface area (Å²) in [5.41, 5.74) is 8.06. The van der Waals surface area contributed by atoms with Gasteiger partial charge in [-0.3, -0.25) is 0 Å². The maximum absolute atomic E-state index is 6.31. The van der Waals surface area contributed by atoms with E-state index in [0.29, 0.717) is 5.92 Å². The van der Waals surface area contributed by atoms with Gasteiger partial charge in [0.05, 0.1) is 14.2 Å². The van der Waals surface area contributed by atoms with Crippen molar-refractivity contribution in [1.82, 2.24) is 9.55 Å². The van der Waals surface area contributed by atoms with Gasteiger partial charge in [0, 0.05) is 24.1 Å². The van der Waals surface area contributed by atoms with Gasteiger partial charge in [-0.2, -0.15) is 0 Å². The second-order valence-corrected chi connectivity index (χ2v) is 5.32. The minimum atomic E-state index is 0.563. The number of imidazole rings is 1. The van der Waals surface area contributed by atoms with Gasteiger partial charge in [-0.05, 0) is 31.9 Å². The van der Waals surface area contributed by atoms with Crippen LogP contribution in [0.15, 0.2) is 18.2 Å². The van der Waals surface area contributed by atoms with Gasteiger partial charge in [0.15, 0.2) is 0 Å². The summed E-state index contributed by atoms with van der Waals surface area (Å²) in [6.07, 6.45) is 2.41. The molecule has 1 fully saturated rings. The zero-order valence-electron chi connectivity index (χ0n) is 12.7. The summed E-state index contributed by atoms with van der Waals surface area (Å²) >= 11 is 0. The molecule has 1 aromatic heterocycles. The van der Waals surface area contributed by atoms with Crippen LogP contribution < -0.4 is 15.2 Å². The number of nitrogens with two attached hydrogens (primary N) is 1. The van der Waals surface area contributed by atoms with Crippen LogP contribution in [0.25, 0.3) is 11.3 Å². The Morgan fingerprint density at radius 1 is 1.19 bits per heavy atom. The fourth-order valence-corrected chi connectivity index (χ4v) is 2.63. The minimum Gasteiger partial charge on any atom is -0.497 e. The number of rotatable bonds is 5. The van der Waals surface area contributed by atoms with E-state index in [4.69, 9.17) is 20.2 Å². The SMILES string of the molecule is CCn1c(C2CC2)nc(-c2cc(OC)cc(OC)c2)c1N. The first-order chi connectivity index (χ1) is 10.2. The predicted octanol–water partition coefficient (Wildman–Crippen LogP) is 3.05. The molecule has 0 radical (unpaired) electrons. The third-order valence-corrected chi connectivity index (χ3v) is 3.92. The molecule has 112 valence electrons. The molecular formula is C16H21N3O2. The first kappa shape index (κ1) is 13.8. The van der Waals surface area contributed by atoms with Crippen molar-refractivity contribution in [3.8, 4) is 22.8 Å². The molecule has 0 saturated heterocycles. The van der Waals surface area contributed by atoms with E-state index in [0.717, 1.165) is 40.9 Å². The number of hydrogen-bond donors (Lipinski definition) is 1. The Hall–Kier alpha value is -2.17. The van der Waals surface area contributed by atoms with Crippen molar-refractivity contribution in [2.75, 3.05) is 20.0 Å². The smallest absolute Gasteiger partial charge is 0.131 e. The van der Waals surface area contributed by atoms with Crippen molar-refractivity contribution in [2.45, 2.75) is 32.2 Å². The fraction of sp³-hybridized carbons (Fsp3) is 0.438. The Bertz CT molecular complexity index is 638. The molecule has 5 heteroatoms. The molecule has 2 N–H and O–H groups in total. The van der Waals surface area contributed by atoms with Crippen molar-refractivity contribution in [1.29, 1.82) is 0 Å². The molecular weight excluding hydrogens is 266 g/mol. The topological polar surface area (TPSA) is 62.3 Å². The van der Waals surface area contributed by atoms with Crippen LogP contribution in [0, 0.1) is 0 Å². The Kier molecular flexibility index (Phi) is 3.49. The molecule has 21 heavy (non-hydrogen) atoms. The highest BCUT2D eigenvalue weighted by Gasteiger charge is 2.30. The van der Waals surface area contributed by atoms with E-state index in [-0.39, 0.29) is 0 Å². The fourth-order valence-electron chi connectivity index (χ4n) is 2.63. The predicted molar refractivity (Wildman–Crippen MR) is 82.8 cm³/mol. The summed E-state index contributed by atoms with van der Waals surface area (Å²) in [4.78, 5) is 4.79. The lowest BCUT2D eigenvalue weighted by Crippen LogP contribution is -2.04. The maximum Gasteiger partial charge on any atom is 0.131 e. The van der Waals surface area contributed by atoms with Gasteiger partial charge < -0.3 is 19.8 Å². The van der Waals surface area contributed by atoms with Gasteiger partial charge in [-0.15, -0.1) is 0 Å². The summed E-state index contributed by atoms with van der Waals surface area (Å²) in [7, 11) is 3.28. The molecule has 0 spiro atoms. The summed E-state index contributed by atoms with van der Waals surface area (Å²) in [6.45, 7) is 2.94. The molecule has 0 atom stereocenters. The molecule has 5 nitrogen and oxygen atoms in total. The lowest BCUT2D eigenvalue weighted by molar-refractivity contribution is 0.394. The highest BCUT2D eigenvalue weighted by molar-refractivity contribution is 5.73. The van der Waals surface area contributed by atoms with Crippen LogP contribution in [0.5, 0.6) is 11.5 Å². The third-order valence-electron chi connectivity index (χ3n) is 3.92. The molecule has 1 saturated carbocycles. The number of anilines is 1. The first-order valence-electron chi connectivity index (χ1n) is 7.27. The van der Waals surface area contributed by atoms with E-state index in [2.05, 4.69) is 11.5 Å². The maximum atomic E-state index is 6.31. The lowest BCUT2D eigenvalue weighted by Gasteiger charge is -2.08. The second-order valence-electron chi connectivity index (χ2n) is 5.32. The summed E-state index contributed by atoms with van der Waals surface area (Å²) in [5, 5.41) is 0. The zero-order valence-corrected chi connectivity index (χ0v) is 12.7. The van der Waals surface area contributed by atoms with Crippen molar-refractivity contribution >= 4 is 5.82 Å². The van der Waals surface area contributed by atoms with Crippen LogP contribution in [0.1, 0.15) is 31.5 Å². The normalized spacial score (nSPS) is 14.2.